The highest BCUT2D eigenvalue weighted by molar-refractivity contribution is 6.42. The maximum atomic E-state index is 6.10. The van der Waals surface area contributed by atoms with E-state index in [0.29, 0.717) is 10.0 Å². The molecule has 1 saturated heterocycles. The zero-order valence-electron chi connectivity index (χ0n) is 13.0. The molecule has 3 N–H and O–H groups in total. The Balaban J connectivity index is 1.77. The van der Waals surface area contributed by atoms with Crippen LogP contribution in [0.1, 0.15) is 12.8 Å². The molecule has 4 rings (SSSR count). The number of imidazole rings is 1. The molecular weight excluding hydrogens is 345 g/mol. The number of aromatic nitrogens is 3. The summed E-state index contributed by atoms with van der Waals surface area (Å²) >= 11 is 12.2. The summed E-state index contributed by atoms with van der Waals surface area (Å²) in [5.74, 6) is 1.70. The van der Waals surface area contributed by atoms with Gasteiger partial charge in [-0.2, -0.15) is 0 Å². The minimum absolute atomic E-state index is 0.281. The van der Waals surface area contributed by atoms with Crippen molar-refractivity contribution in [1.82, 2.24) is 15.0 Å². The molecule has 24 heavy (non-hydrogen) atoms. The van der Waals surface area contributed by atoms with Gasteiger partial charge >= 0.3 is 0 Å². The van der Waals surface area contributed by atoms with E-state index in [1.165, 1.54) is 0 Å². The summed E-state index contributed by atoms with van der Waals surface area (Å²) in [6.07, 6.45) is 3.76. The Morgan fingerprint density at radius 1 is 1.17 bits per heavy atom. The molecule has 3 aromatic rings. The van der Waals surface area contributed by atoms with Crippen molar-refractivity contribution in [2.24, 2.45) is 5.73 Å². The van der Waals surface area contributed by atoms with Gasteiger partial charge in [0.05, 0.1) is 26.6 Å². The number of halogens is 2. The maximum Gasteiger partial charge on any atom is 0.142 e. The van der Waals surface area contributed by atoms with E-state index < -0.39 is 0 Å². The van der Waals surface area contributed by atoms with Gasteiger partial charge in [-0.25, -0.2) is 9.97 Å². The quantitative estimate of drug-likeness (QED) is 0.726. The van der Waals surface area contributed by atoms with Crippen molar-refractivity contribution in [1.29, 1.82) is 0 Å². The Morgan fingerprint density at radius 3 is 2.71 bits per heavy atom. The molecule has 1 aliphatic heterocycles. The first-order valence-corrected chi connectivity index (χ1v) is 8.68. The lowest BCUT2D eigenvalue weighted by Crippen LogP contribution is -2.40. The minimum Gasteiger partial charge on any atom is -0.356 e. The number of piperidine rings is 1. The lowest BCUT2D eigenvalue weighted by atomic mass is 10.1. The SMILES string of the molecule is NC1CCN(c2ncccc2-c2nc3cc(Cl)c(Cl)cc3[nH]2)CC1. The molecule has 2 aromatic heterocycles. The number of rotatable bonds is 2. The monoisotopic (exact) mass is 361 g/mol. The Hall–Kier alpha value is -1.82. The number of H-pyrrole nitrogens is 1. The molecule has 0 spiro atoms. The highest BCUT2D eigenvalue weighted by Gasteiger charge is 2.21. The van der Waals surface area contributed by atoms with Crippen LogP contribution in [0.15, 0.2) is 30.5 Å². The molecule has 1 aromatic carbocycles. The lowest BCUT2D eigenvalue weighted by Gasteiger charge is -2.32. The van der Waals surface area contributed by atoms with Gasteiger partial charge in [-0.1, -0.05) is 23.2 Å². The predicted octanol–water partition coefficient (Wildman–Crippen LogP) is 3.86. The Kier molecular flexibility index (Phi) is 4.08. The minimum atomic E-state index is 0.281. The summed E-state index contributed by atoms with van der Waals surface area (Å²) in [6, 6.07) is 7.80. The number of benzene rings is 1. The van der Waals surface area contributed by atoms with Gasteiger partial charge in [0.15, 0.2) is 0 Å². The van der Waals surface area contributed by atoms with E-state index >= 15 is 0 Å². The van der Waals surface area contributed by atoms with Crippen LogP contribution in [0.2, 0.25) is 10.0 Å². The van der Waals surface area contributed by atoms with Crippen molar-refractivity contribution >= 4 is 40.1 Å². The van der Waals surface area contributed by atoms with Crippen LogP contribution in [0.25, 0.3) is 22.4 Å². The van der Waals surface area contributed by atoms with Gasteiger partial charge in [0.25, 0.3) is 0 Å². The molecule has 1 aliphatic rings. The third-order valence-corrected chi connectivity index (χ3v) is 5.13. The molecule has 0 radical (unpaired) electrons. The summed E-state index contributed by atoms with van der Waals surface area (Å²) < 4.78 is 0. The van der Waals surface area contributed by atoms with E-state index in [1.54, 1.807) is 12.1 Å². The molecular formula is C17H17Cl2N5. The van der Waals surface area contributed by atoms with Crippen LogP contribution in [0.3, 0.4) is 0 Å². The molecule has 3 heterocycles. The van der Waals surface area contributed by atoms with Crippen LogP contribution in [0, 0.1) is 0 Å². The fourth-order valence-electron chi connectivity index (χ4n) is 3.08. The van der Waals surface area contributed by atoms with E-state index in [9.17, 15) is 0 Å². The molecule has 1 fully saturated rings. The van der Waals surface area contributed by atoms with Crippen LogP contribution >= 0.6 is 23.2 Å². The smallest absolute Gasteiger partial charge is 0.142 e. The van der Waals surface area contributed by atoms with Crippen molar-refractivity contribution < 1.29 is 0 Å². The molecule has 7 heteroatoms. The van der Waals surface area contributed by atoms with Crippen molar-refractivity contribution in [2.75, 3.05) is 18.0 Å². The highest BCUT2D eigenvalue weighted by Crippen LogP contribution is 2.32. The van der Waals surface area contributed by atoms with Crippen molar-refractivity contribution in [3.63, 3.8) is 0 Å². The van der Waals surface area contributed by atoms with Gasteiger partial charge in [-0.05, 0) is 37.1 Å². The average molecular weight is 362 g/mol. The number of anilines is 1. The third-order valence-electron chi connectivity index (χ3n) is 4.40. The fraction of sp³-hybridized carbons (Fsp3) is 0.294. The molecule has 5 nitrogen and oxygen atoms in total. The van der Waals surface area contributed by atoms with Gasteiger partial charge in [0, 0.05) is 25.3 Å². The van der Waals surface area contributed by atoms with Crippen molar-refractivity contribution in [3.8, 4) is 11.4 Å². The van der Waals surface area contributed by atoms with Crippen LogP contribution < -0.4 is 10.6 Å². The third kappa shape index (κ3) is 2.83. The van der Waals surface area contributed by atoms with E-state index in [-0.39, 0.29) is 6.04 Å². The second-order valence-electron chi connectivity index (χ2n) is 6.07. The number of nitrogens with two attached hydrogens (primary N) is 1. The molecule has 0 unspecified atom stereocenters. The standard InChI is InChI=1S/C17H17Cl2N5/c18-12-8-14-15(9-13(12)19)23-16(22-14)11-2-1-5-21-17(11)24-6-3-10(20)4-7-24/h1-2,5,8-10H,3-4,6-7,20H2,(H,22,23). The van der Waals surface area contributed by atoms with Gasteiger partial charge in [-0.3, -0.25) is 0 Å². The lowest BCUT2D eigenvalue weighted by molar-refractivity contribution is 0.499. The number of pyridine rings is 1. The van der Waals surface area contributed by atoms with E-state index in [4.69, 9.17) is 28.9 Å². The summed E-state index contributed by atoms with van der Waals surface area (Å²) in [6.45, 7) is 1.81. The van der Waals surface area contributed by atoms with Gasteiger partial charge < -0.3 is 15.6 Å². The summed E-state index contributed by atoms with van der Waals surface area (Å²) in [7, 11) is 0. The number of nitrogens with zero attached hydrogens (tertiary/aromatic N) is 3. The molecule has 124 valence electrons. The summed E-state index contributed by atoms with van der Waals surface area (Å²) in [4.78, 5) is 14.8. The van der Waals surface area contributed by atoms with Gasteiger partial charge in [0.2, 0.25) is 0 Å². The largest absolute Gasteiger partial charge is 0.356 e. The molecule has 0 saturated carbocycles. The Bertz CT molecular complexity index is 845. The number of fused-ring (bicyclic) bond motifs is 1. The second kappa shape index (κ2) is 6.24. The Morgan fingerprint density at radius 2 is 1.92 bits per heavy atom. The normalized spacial score (nSPS) is 16.0. The van der Waals surface area contributed by atoms with Crippen LogP contribution in [-0.2, 0) is 0 Å². The first-order chi connectivity index (χ1) is 11.6. The molecule has 0 amide bonds. The first kappa shape index (κ1) is 15.7. The summed E-state index contributed by atoms with van der Waals surface area (Å²) in [5.41, 5.74) is 8.63. The van der Waals surface area contributed by atoms with Gasteiger partial charge in [0.1, 0.15) is 11.6 Å². The summed E-state index contributed by atoms with van der Waals surface area (Å²) in [5, 5.41) is 1.01. The van der Waals surface area contributed by atoms with E-state index in [2.05, 4.69) is 19.9 Å². The topological polar surface area (TPSA) is 70.8 Å². The van der Waals surface area contributed by atoms with Crippen LogP contribution in [-0.4, -0.2) is 34.1 Å². The van der Waals surface area contributed by atoms with Crippen LogP contribution in [0.4, 0.5) is 5.82 Å². The van der Waals surface area contributed by atoms with Gasteiger partial charge in [-0.15, -0.1) is 0 Å². The average Bonchev–Trinajstić information content (AvgIpc) is 2.98. The Labute approximate surface area is 149 Å². The zero-order chi connectivity index (χ0) is 16.7. The first-order valence-electron chi connectivity index (χ1n) is 7.92. The number of aromatic amines is 1. The number of hydrogen-bond donors (Lipinski definition) is 2. The van der Waals surface area contributed by atoms with Crippen molar-refractivity contribution in [3.05, 3.63) is 40.5 Å². The molecule has 0 atom stereocenters. The maximum absolute atomic E-state index is 6.10. The van der Waals surface area contributed by atoms with Crippen molar-refractivity contribution in [2.45, 2.75) is 18.9 Å². The predicted molar refractivity (Wildman–Crippen MR) is 98.8 cm³/mol. The molecule has 0 aliphatic carbocycles. The number of hydrogen-bond acceptors (Lipinski definition) is 4. The number of nitrogens with one attached hydrogen (secondary N) is 1. The zero-order valence-corrected chi connectivity index (χ0v) is 14.5. The second-order valence-corrected chi connectivity index (χ2v) is 6.88. The van der Waals surface area contributed by atoms with Crippen LogP contribution in [0.5, 0.6) is 0 Å². The molecule has 0 bridgehead atoms. The van der Waals surface area contributed by atoms with E-state index in [0.717, 1.165) is 54.2 Å². The highest BCUT2D eigenvalue weighted by atomic mass is 35.5. The fourth-order valence-corrected chi connectivity index (χ4v) is 3.40. The van der Waals surface area contributed by atoms with E-state index in [1.807, 2.05) is 18.3 Å².